The summed E-state index contributed by atoms with van der Waals surface area (Å²) in [6.45, 7) is 0.150. The molecule has 2 aliphatic heterocycles. The van der Waals surface area contributed by atoms with Crippen molar-refractivity contribution in [1.82, 2.24) is 20.8 Å². The van der Waals surface area contributed by atoms with E-state index in [0.29, 0.717) is 23.9 Å². The summed E-state index contributed by atoms with van der Waals surface area (Å²) >= 11 is 0. The largest absolute Gasteiger partial charge is 0.418 e. The summed E-state index contributed by atoms with van der Waals surface area (Å²) < 4.78 is 34.8. The summed E-state index contributed by atoms with van der Waals surface area (Å²) in [7, 11) is -2.92. The lowest BCUT2D eigenvalue weighted by molar-refractivity contribution is -0.143. The van der Waals surface area contributed by atoms with Crippen molar-refractivity contribution in [2.75, 3.05) is 13.6 Å². The van der Waals surface area contributed by atoms with Crippen molar-refractivity contribution in [2.24, 2.45) is 0 Å². The third-order valence-electron chi connectivity index (χ3n) is 4.92. The predicted molar refractivity (Wildman–Crippen MR) is 83.1 cm³/mol. The lowest BCUT2D eigenvalue weighted by atomic mass is 10.0. The van der Waals surface area contributed by atoms with Gasteiger partial charge in [-0.1, -0.05) is 0 Å². The molecule has 3 N–H and O–H groups in total. The van der Waals surface area contributed by atoms with Gasteiger partial charge in [0.25, 0.3) is 5.91 Å². The number of urea groups is 1. The van der Waals surface area contributed by atoms with Gasteiger partial charge in [-0.05, 0) is 39.2 Å². The van der Waals surface area contributed by atoms with Crippen LogP contribution in [0.4, 0.5) is 4.79 Å². The average Bonchev–Trinajstić information content (AvgIpc) is 3.11. The number of hydrogen-bond acceptors (Lipinski definition) is 7. The molecule has 2 bridgehead atoms. The van der Waals surface area contributed by atoms with Crippen molar-refractivity contribution in [3.8, 4) is 0 Å². The fourth-order valence-corrected chi connectivity index (χ4v) is 4.01. The van der Waals surface area contributed by atoms with E-state index in [4.69, 9.17) is 9.39 Å². The Morgan fingerprint density at radius 2 is 2.04 bits per heavy atom. The minimum Gasteiger partial charge on any atom is -0.317 e. The highest BCUT2D eigenvalue weighted by Crippen LogP contribution is 2.31. The Kier molecular flexibility index (Phi) is 5.16. The van der Waals surface area contributed by atoms with Gasteiger partial charge in [-0.3, -0.25) is 14.2 Å². The minimum atomic E-state index is -4.80. The molecule has 25 heavy (non-hydrogen) atoms. The van der Waals surface area contributed by atoms with E-state index in [1.165, 1.54) is 4.90 Å². The Bertz CT molecular complexity index is 642. The van der Waals surface area contributed by atoms with Crippen LogP contribution in [0.15, 0.2) is 0 Å². The van der Waals surface area contributed by atoms with Gasteiger partial charge >= 0.3 is 16.4 Å². The number of hydrogen-bond donors (Lipinski definition) is 3. The van der Waals surface area contributed by atoms with Gasteiger partial charge in [0, 0.05) is 12.6 Å². The van der Waals surface area contributed by atoms with E-state index in [-0.39, 0.29) is 12.6 Å². The van der Waals surface area contributed by atoms with Gasteiger partial charge in [0.05, 0.1) is 12.1 Å². The first-order valence-electron chi connectivity index (χ1n) is 8.18. The van der Waals surface area contributed by atoms with Crippen LogP contribution in [0.5, 0.6) is 0 Å². The van der Waals surface area contributed by atoms with Crippen LogP contribution in [0.3, 0.4) is 0 Å². The van der Waals surface area contributed by atoms with Crippen molar-refractivity contribution in [2.45, 2.75) is 56.3 Å². The normalized spacial score (nSPS) is 32.3. The quantitative estimate of drug-likeness (QED) is 0.403. The number of hydroxylamine groups is 3. The molecule has 3 aliphatic rings. The lowest BCUT2D eigenvalue weighted by Crippen LogP contribution is -2.50. The van der Waals surface area contributed by atoms with Crippen molar-refractivity contribution in [3.05, 3.63) is 0 Å². The summed E-state index contributed by atoms with van der Waals surface area (Å²) in [5.74, 6) is -0.451. The number of rotatable bonds is 6. The van der Waals surface area contributed by atoms with Gasteiger partial charge in [0.2, 0.25) is 0 Å². The number of amides is 3. The summed E-state index contributed by atoms with van der Waals surface area (Å²) in [4.78, 5) is 31.3. The molecule has 1 saturated carbocycles. The first-order chi connectivity index (χ1) is 11.8. The van der Waals surface area contributed by atoms with Gasteiger partial charge < -0.3 is 10.2 Å². The molecule has 4 unspecified atom stereocenters. The third kappa shape index (κ3) is 4.03. The standard InChI is InChI=1S/C13H22N4O7S/c1-14-8-2-4-10(6-8)23-15-12(18)11-5-3-9-7-16(11)13(19)17(9)24-25(20,21)22/h8-11,14H,2-7H2,1H3,(H,15,18)(H,20,21,22). The van der Waals surface area contributed by atoms with Crippen LogP contribution in [0.2, 0.25) is 0 Å². The zero-order valence-electron chi connectivity index (χ0n) is 13.8. The lowest BCUT2D eigenvalue weighted by Gasteiger charge is -2.29. The maximum atomic E-state index is 12.4. The zero-order chi connectivity index (χ0) is 18.2. The Balaban J connectivity index is 1.55. The van der Waals surface area contributed by atoms with Gasteiger partial charge in [-0.25, -0.2) is 10.3 Å². The summed E-state index contributed by atoms with van der Waals surface area (Å²) in [6.07, 6.45) is 3.24. The molecular weight excluding hydrogens is 356 g/mol. The van der Waals surface area contributed by atoms with E-state index in [1.54, 1.807) is 0 Å². The monoisotopic (exact) mass is 378 g/mol. The Hall–Kier alpha value is -1.47. The zero-order valence-corrected chi connectivity index (χ0v) is 14.6. The highest BCUT2D eigenvalue weighted by molar-refractivity contribution is 7.80. The molecule has 12 heteroatoms. The van der Waals surface area contributed by atoms with E-state index in [0.717, 1.165) is 19.3 Å². The fourth-order valence-electron chi connectivity index (χ4n) is 3.62. The summed E-state index contributed by atoms with van der Waals surface area (Å²) in [6, 6.07) is -1.69. The third-order valence-corrected chi connectivity index (χ3v) is 5.27. The fraction of sp³-hybridized carbons (Fsp3) is 0.846. The first kappa shape index (κ1) is 18.3. The van der Waals surface area contributed by atoms with Crippen LogP contribution in [-0.2, 0) is 24.3 Å². The second-order valence-corrected chi connectivity index (χ2v) is 7.52. The van der Waals surface area contributed by atoms with Crippen LogP contribution >= 0.6 is 0 Å². The maximum absolute atomic E-state index is 12.4. The molecule has 0 aromatic rings. The number of nitrogens with zero attached hydrogens (tertiary/aromatic N) is 2. The molecule has 0 spiro atoms. The van der Waals surface area contributed by atoms with E-state index in [1.807, 2.05) is 7.05 Å². The smallest absolute Gasteiger partial charge is 0.317 e. The average molecular weight is 378 g/mol. The SMILES string of the molecule is CNC1CCC(ONC(=O)C2CCC3CN2C(=O)N3OS(=O)(=O)O)C1. The Labute approximate surface area is 145 Å². The van der Waals surface area contributed by atoms with E-state index >= 15 is 0 Å². The van der Waals surface area contributed by atoms with Gasteiger partial charge in [-0.2, -0.15) is 13.5 Å². The molecule has 2 saturated heterocycles. The van der Waals surface area contributed by atoms with Crippen molar-refractivity contribution in [1.29, 1.82) is 0 Å². The number of nitrogens with one attached hydrogen (secondary N) is 2. The van der Waals surface area contributed by atoms with Crippen LogP contribution in [0, 0.1) is 0 Å². The van der Waals surface area contributed by atoms with Gasteiger partial charge in [0.15, 0.2) is 0 Å². The van der Waals surface area contributed by atoms with Gasteiger partial charge in [-0.15, -0.1) is 4.28 Å². The molecule has 142 valence electrons. The molecular formula is C13H22N4O7S. The van der Waals surface area contributed by atoms with Crippen LogP contribution in [0.1, 0.15) is 32.1 Å². The second-order valence-electron chi connectivity index (χ2n) is 6.51. The molecule has 0 aromatic carbocycles. The van der Waals surface area contributed by atoms with E-state index < -0.39 is 34.4 Å². The van der Waals surface area contributed by atoms with Crippen LogP contribution in [0.25, 0.3) is 0 Å². The van der Waals surface area contributed by atoms with Gasteiger partial charge in [0.1, 0.15) is 6.04 Å². The van der Waals surface area contributed by atoms with Crippen LogP contribution in [-0.4, -0.2) is 72.7 Å². The molecule has 3 fully saturated rings. The number of carbonyl (C=O) groups excluding carboxylic acids is 2. The predicted octanol–water partition coefficient (Wildman–Crippen LogP) is -0.822. The maximum Gasteiger partial charge on any atom is 0.418 e. The van der Waals surface area contributed by atoms with E-state index in [9.17, 15) is 18.0 Å². The summed E-state index contributed by atoms with van der Waals surface area (Å²) in [5.41, 5.74) is 2.42. The Morgan fingerprint density at radius 1 is 1.28 bits per heavy atom. The van der Waals surface area contributed by atoms with Crippen molar-refractivity contribution in [3.63, 3.8) is 0 Å². The number of fused-ring (bicyclic) bond motifs is 2. The molecule has 1 aliphatic carbocycles. The highest BCUT2D eigenvalue weighted by Gasteiger charge is 2.49. The summed E-state index contributed by atoms with van der Waals surface area (Å²) in [5, 5.41) is 3.77. The molecule has 0 aromatic heterocycles. The topological polar surface area (TPSA) is 138 Å². The van der Waals surface area contributed by atoms with Crippen molar-refractivity contribution < 1.29 is 31.7 Å². The molecule has 4 atom stereocenters. The van der Waals surface area contributed by atoms with Crippen molar-refractivity contribution >= 4 is 22.3 Å². The first-order valence-corrected chi connectivity index (χ1v) is 9.54. The number of carbonyl (C=O) groups is 2. The number of piperidine rings is 1. The molecule has 3 amide bonds. The molecule has 0 radical (unpaired) electrons. The Morgan fingerprint density at radius 3 is 2.68 bits per heavy atom. The van der Waals surface area contributed by atoms with E-state index in [2.05, 4.69) is 15.1 Å². The second kappa shape index (κ2) is 7.03. The molecule has 11 nitrogen and oxygen atoms in total. The highest BCUT2D eigenvalue weighted by atomic mass is 32.3. The van der Waals surface area contributed by atoms with Crippen LogP contribution < -0.4 is 10.8 Å². The minimum absolute atomic E-state index is 0.0774. The molecule has 2 heterocycles. The molecule has 3 rings (SSSR count).